The van der Waals surface area contributed by atoms with Gasteiger partial charge in [0, 0.05) is 38.4 Å². The van der Waals surface area contributed by atoms with Gasteiger partial charge in [-0.1, -0.05) is 19.9 Å². The molecule has 2 N–H and O–H groups in total. The van der Waals surface area contributed by atoms with Crippen molar-refractivity contribution in [1.82, 2.24) is 20.5 Å². The molecule has 0 spiro atoms. The van der Waals surface area contributed by atoms with Crippen LogP contribution >= 0.6 is 0 Å². The lowest BCUT2D eigenvalue weighted by atomic mass is 10.0. The molecule has 1 unspecified atom stereocenters. The number of hydrogen-bond donors (Lipinski definition) is 2. The summed E-state index contributed by atoms with van der Waals surface area (Å²) in [6, 6.07) is 4.51. The monoisotopic (exact) mass is 347 g/mol. The highest BCUT2D eigenvalue weighted by atomic mass is 16.5. The SMILES string of the molecule is CCNC(=NCc1ncccc1C)NCC(C(C)C)N1CCOCC1. The van der Waals surface area contributed by atoms with Crippen LogP contribution in [0.2, 0.25) is 0 Å². The summed E-state index contributed by atoms with van der Waals surface area (Å²) >= 11 is 0. The molecular formula is C19H33N5O. The fourth-order valence-corrected chi connectivity index (χ4v) is 3.08. The van der Waals surface area contributed by atoms with Crippen LogP contribution in [0, 0.1) is 12.8 Å². The number of aromatic nitrogens is 1. The molecule has 2 heterocycles. The van der Waals surface area contributed by atoms with Gasteiger partial charge in [0.25, 0.3) is 0 Å². The van der Waals surface area contributed by atoms with Crippen molar-refractivity contribution in [3.05, 3.63) is 29.6 Å². The third-order valence-electron chi connectivity index (χ3n) is 4.61. The van der Waals surface area contributed by atoms with Crippen LogP contribution < -0.4 is 10.6 Å². The van der Waals surface area contributed by atoms with Gasteiger partial charge in [-0.3, -0.25) is 9.88 Å². The molecule has 0 bridgehead atoms. The van der Waals surface area contributed by atoms with Crippen molar-refractivity contribution in [3.8, 4) is 0 Å². The lowest BCUT2D eigenvalue weighted by molar-refractivity contribution is 0.00752. The first-order chi connectivity index (χ1) is 12.1. The van der Waals surface area contributed by atoms with E-state index in [0.29, 0.717) is 18.5 Å². The Kier molecular flexibility index (Phi) is 8.15. The van der Waals surface area contributed by atoms with Gasteiger partial charge in [-0.05, 0) is 31.4 Å². The van der Waals surface area contributed by atoms with E-state index in [4.69, 9.17) is 9.73 Å². The van der Waals surface area contributed by atoms with Gasteiger partial charge < -0.3 is 15.4 Å². The van der Waals surface area contributed by atoms with E-state index in [1.807, 2.05) is 12.3 Å². The number of pyridine rings is 1. The molecule has 2 rings (SSSR count). The van der Waals surface area contributed by atoms with E-state index in [-0.39, 0.29) is 0 Å². The second kappa shape index (κ2) is 10.4. The van der Waals surface area contributed by atoms with Crippen molar-refractivity contribution in [2.75, 3.05) is 39.4 Å². The number of ether oxygens (including phenoxy) is 1. The molecule has 6 heteroatoms. The molecule has 0 amide bonds. The molecule has 6 nitrogen and oxygen atoms in total. The highest BCUT2D eigenvalue weighted by Gasteiger charge is 2.23. The molecule has 0 aliphatic carbocycles. The van der Waals surface area contributed by atoms with Crippen LogP contribution in [0.5, 0.6) is 0 Å². The molecule has 1 saturated heterocycles. The maximum Gasteiger partial charge on any atom is 0.191 e. The number of nitrogens with one attached hydrogen (secondary N) is 2. The van der Waals surface area contributed by atoms with E-state index in [1.165, 1.54) is 5.56 Å². The van der Waals surface area contributed by atoms with Gasteiger partial charge in [0.05, 0.1) is 25.5 Å². The van der Waals surface area contributed by atoms with Crippen molar-refractivity contribution in [2.45, 2.75) is 40.3 Å². The maximum atomic E-state index is 5.49. The van der Waals surface area contributed by atoms with Crippen LogP contribution in [0.25, 0.3) is 0 Å². The summed E-state index contributed by atoms with van der Waals surface area (Å²) in [6.07, 6.45) is 1.82. The Morgan fingerprint density at radius 1 is 1.32 bits per heavy atom. The lowest BCUT2D eigenvalue weighted by Crippen LogP contribution is -2.52. The number of aliphatic imine (C=N–C) groups is 1. The third kappa shape index (κ3) is 6.29. The summed E-state index contributed by atoms with van der Waals surface area (Å²) in [4.78, 5) is 11.7. The van der Waals surface area contributed by atoms with Gasteiger partial charge in [0.15, 0.2) is 5.96 Å². The van der Waals surface area contributed by atoms with Crippen LogP contribution in [0.4, 0.5) is 0 Å². The fourth-order valence-electron chi connectivity index (χ4n) is 3.08. The van der Waals surface area contributed by atoms with Gasteiger partial charge in [-0.2, -0.15) is 0 Å². The van der Waals surface area contributed by atoms with E-state index in [9.17, 15) is 0 Å². The van der Waals surface area contributed by atoms with Crippen molar-refractivity contribution < 1.29 is 4.74 Å². The predicted molar refractivity (Wildman–Crippen MR) is 103 cm³/mol. The first-order valence-electron chi connectivity index (χ1n) is 9.36. The Hall–Kier alpha value is -1.66. The predicted octanol–water partition coefficient (Wildman–Crippen LogP) is 1.80. The summed E-state index contributed by atoms with van der Waals surface area (Å²) in [5, 5.41) is 6.86. The normalized spacial score (nSPS) is 17.6. The molecule has 0 saturated carbocycles. The van der Waals surface area contributed by atoms with Crippen molar-refractivity contribution in [1.29, 1.82) is 0 Å². The Morgan fingerprint density at radius 3 is 2.72 bits per heavy atom. The molecule has 0 aromatic carbocycles. The number of aryl methyl sites for hydroxylation is 1. The van der Waals surface area contributed by atoms with Gasteiger partial charge in [0.1, 0.15) is 0 Å². The molecule has 1 atom stereocenters. The van der Waals surface area contributed by atoms with Crippen molar-refractivity contribution >= 4 is 5.96 Å². The second-order valence-corrected chi connectivity index (χ2v) is 6.80. The average Bonchev–Trinajstić information content (AvgIpc) is 2.61. The first kappa shape index (κ1) is 19.7. The molecule has 1 aromatic rings. The molecule has 1 aromatic heterocycles. The van der Waals surface area contributed by atoms with Gasteiger partial charge in [-0.15, -0.1) is 0 Å². The number of hydrogen-bond acceptors (Lipinski definition) is 4. The Bertz CT molecular complexity index is 540. The van der Waals surface area contributed by atoms with E-state index in [1.54, 1.807) is 0 Å². The van der Waals surface area contributed by atoms with E-state index in [2.05, 4.69) is 54.3 Å². The topological polar surface area (TPSA) is 61.8 Å². The van der Waals surface area contributed by atoms with E-state index >= 15 is 0 Å². The molecule has 0 radical (unpaired) electrons. The number of nitrogens with zero attached hydrogens (tertiary/aromatic N) is 3. The fraction of sp³-hybridized carbons (Fsp3) is 0.684. The standard InChI is InChI=1S/C19H33N5O/c1-5-20-19(22-13-17-16(4)7-6-8-21-17)23-14-18(15(2)3)24-9-11-25-12-10-24/h6-8,15,18H,5,9-14H2,1-4H3,(H2,20,22,23). The van der Waals surface area contributed by atoms with Gasteiger partial charge in [-0.25, -0.2) is 4.99 Å². The summed E-state index contributed by atoms with van der Waals surface area (Å²) in [5.74, 6) is 1.43. The molecule has 140 valence electrons. The maximum absolute atomic E-state index is 5.49. The lowest BCUT2D eigenvalue weighted by Gasteiger charge is -2.37. The van der Waals surface area contributed by atoms with Gasteiger partial charge >= 0.3 is 0 Å². The van der Waals surface area contributed by atoms with Crippen LogP contribution in [-0.4, -0.2) is 61.3 Å². The zero-order valence-electron chi connectivity index (χ0n) is 16.1. The molecule has 1 aliphatic heterocycles. The smallest absolute Gasteiger partial charge is 0.191 e. The van der Waals surface area contributed by atoms with Crippen LogP contribution in [-0.2, 0) is 11.3 Å². The summed E-state index contributed by atoms with van der Waals surface area (Å²) in [5.41, 5.74) is 2.20. The van der Waals surface area contributed by atoms with Gasteiger partial charge in [0.2, 0.25) is 0 Å². The van der Waals surface area contributed by atoms with Crippen molar-refractivity contribution in [3.63, 3.8) is 0 Å². The molecular weight excluding hydrogens is 314 g/mol. The quantitative estimate of drug-likeness (QED) is 0.582. The Morgan fingerprint density at radius 2 is 2.08 bits per heavy atom. The largest absolute Gasteiger partial charge is 0.379 e. The highest BCUT2D eigenvalue weighted by molar-refractivity contribution is 5.79. The molecule has 25 heavy (non-hydrogen) atoms. The minimum Gasteiger partial charge on any atom is -0.379 e. The van der Waals surface area contributed by atoms with Crippen LogP contribution in [0.3, 0.4) is 0 Å². The summed E-state index contributed by atoms with van der Waals surface area (Å²) in [6.45, 7) is 14.7. The zero-order valence-corrected chi connectivity index (χ0v) is 16.1. The summed E-state index contributed by atoms with van der Waals surface area (Å²) < 4.78 is 5.49. The Balaban J connectivity index is 1.96. The van der Waals surface area contributed by atoms with Crippen LogP contribution in [0.1, 0.15) is 32.0 Å². The first-order valence-corrected chi connectivity index (χ1v) is 9.36. The minimum atomic E-state index is 0.476. The molecule has 1 aliphatic rings. The Labute approximate surface area is 152 Å². The number of rotatable bonds is 7. The highest BCUT2D eigenvalue weighted by Crippen LogP contribution is 2.12. The summed E-state index contributed by atoms with van der Waals surface area (Å²) in [7, 11) is 0. The number of guanidine groups is 1. The van der Waals surface area contributed by atoms with Crippen molar-refractivity contribution in [2.24, 2.45) is 10.9 Å². The molecule has 1 fully saturated rings. The van der Waals surface area contributed by atoms with E-state index < -0.39 is 0 Å². The number of morpholine rings is 1. The van der Waals surface area contributed by atoms with E-state index in [0.717, 1.165) is 51.0 Å². The zero-order chi connectivity index (χ0) is 18.1. The van der Waals surface area contributed by atoms with Crippen LogP contribution in [0.15, 0.2) is 23.3 Å². The third-order valence-corrected chi connectivity index (χ3v) is 4.61. The average molecular weight is 348 g/mol. The minimum absolute atomic E-state index is 0.476. The second-order valence-electron chi connectivity index (χ2n) is 6.80.